The van der Waals surface area contributed by atoms with E-state index < -0.39 is 5.63 Å². The summed E-state index contributed by atoms with van der Waals surface area (Å²) in [6.07, 6.45) is 0. The molecular weight excluding hydrogens is 410 g/mol. The van der Waals surface area contributed by atoms with Gasteiger partial charge >= 0.3 is 11.6 Å². The quantitative estimate of drug-likeness (QED) is 0.474. The standard InChI is InChI=1S/C23H21N5O4/c1-15-13-20(29)32-19-14-17(7-8-18(15)19)31-23-26-21(24-16-5-3-2-4-6-16)25-22(27-23)28-9-11-30-12-10-28/h2-8,13-14H,9-12H2,1H3,(H,24,25,26,27). The smallest absolute Gasteiger partial charge is 0.336 e. The highest BCUT2D eigenvalue weighted by Crippen LogP contribution is 2.27. The number of hydrogen-bond acceptors (Lipinski definition) is 9. The Labute approximate surface area is 183 Å². The number of morpholine rings is 1. The monoisotopic (exact) mass is 431 g/mol. The van der Waals surface area contributed by atoms with Crippen LogP contribution in [0.5, 0.6) is 11.8 Å². The van der Waals surface area contributed by atoms with Gasteiger partial charge in [0.2, 0.25) is 11.9 Å². The van der Waals surface area contributed by atoms with E-state index in [1.165, 1.54) is 6.07 Å². The molecule has 0 aliphatic carbocycles. The van der Waals surface area contributed by atoms with Crippen molar-refractivity contribution in [1.29, 1.82) is 0 Å². The molecule has 1 aliphatic heterocycles. The minimum atomic E-state index is -0.406. The molecule has 2 aromatic heterocycles. The van der Waals surface area contributed by atoms with E-state index in [9.17, 15) is 4.79 Å². The maximum Gasteiger partial charge on any atom is 0.336 e. The zero-order valence-electron chi connectivity index (χ0n) is 17.4. The van der Waals surface area contributed by atoms with Gasteiger partial charge in [0.15, 0.2) is 0 Å². The molecule has 9 heteroatoms. The van der Waals surface area contributed by atoms with Crippen molar-refractivity contribution in [2.75, 3.05) is 36.5 Å². The molecule has 162 valence electrons. The number of aromatic nitrogens is 3. The zero-order chi connectivity index (χ0) is 21.9. The molecule has 1 saturated heterocycles. The molecule has 5 rings (SSSR count). The average molecular weight is 431 g/mol. The largest absolute Gasteiger partial charge is 0.424 e. The maximum atomic E-state index is 11.7. The van der Waals surface area contributed by atoms with Crippen LogP contribution in [0.1, 0.15) is 5.56 Å². The number of para-hydroxylation sites is 1. The predicted octanol–water partition coefficient (Wildman–Crippen LogP) is 3.66. The lowest BCUT2D eigenvalue weighted by molar-refractivity contribution is 0.122. The van der Waals surface area contributed by atoms with Gasteiger partial charge in [0, 0.05) is 36.3 Å². The van der Waals surface area contributed by atoms with E-state index in [0.717, 1.165) is 16.6 Å². The van der Waals surface area contributed by atoms with Gasteiger partial charge in [-0.25, -0.2) is 4.79 Å². The van der Waals surface area contributed by atoms with Crippen LogP contribution in [0.4, 0.5) is 17.6 Å². The second-order valence-electron chi connectivity index (χ2n) is 7.34. The number of hydrogen-bond donors (Lipinski definition) is 1. The van der Waals surface area contributed by atoms with Gasteiger partial charge in [-0.1, -0.05) is 18.2 Å². The Morgan fingerprint density at radius 3 is 2.62 bits per heavy atom. The lowest BCUT2D eigenvalue weighted by Gasteiger charge is -2.27. The highest BCUT2D eigenvalue weighted by molar-refractivity contribution is 5.81. The Balaban J connectivity index is 1.49. The van der Waals surface area contributed by atoms with E-state index >= 15 is 0 Å². The summed E-state index contributed by atoms with van der Waals surface area (Å²) < 4.78 is 16.7. The minimum absolute atomic E-state index is 0.134. The minimum Gasteiger partial charge on any atom is -0.424 e. The molecule has 4 aromatic rings. The van der Waals surface area contributed by atoms with Gasteiger partial charge in [0.25, 0.3) is 0 Å². The Morgan fingerprint density at radius 2 is 1.81 bits per heavy atom. The lowest BCUT2D eigenvalue weighted by Crippen LogP contribution is -2.37. The number of ether oxygens (including phenoxy) is 2. The first-order valence-electron chi connectivity index (χ1n) is 10.3. The van der Waals surface area contributed by atoms with Gasteiger partial charge < -0.3 is 24.1 Å². The molecule has 0 saturated carbocycles. The molecule has 0 radical (unpaired) electrons. The van der Waals surface area contributed by atoms with Crippen LogP contribution in [-0.4, -0.2) is 41.3 Å². The SMILES string of the molecule is Cc1cc(=O)oc2cc(Oc3nc(Nc4ccccc4)nc(N4CCOCC4)n3)ccc12. The third kappa shape index (κ3) is 4.37. The molecule has 0 unspecified atom stereocenters. The summed E-state index contributed by atoms with van der Waals surface area (Å²) >= 11 is 0. The molecule has 1 N–H and O–H groups in total. The van der Waals surface area contributed by atoms with Gasteiger partial charge in [-0.05, 0) is 36.8 Å². The van der Waals surface area contributed by atoms with E-state index in [1.807, 2.05) is 48.2 Å². The highest BCUT2D eigenvalue weighted by atomic mass is 16.5. The van der Waals surface area contributed by atoms with Crippen molar-refractivity contribution in [2.24, 2.45) is 0 Å². The van der Waals surface area contributed by atoms with Crippen molar-refractivity contribution in [3.05, 3.63) is 70.6 Å². The molecule has 0 bridgehead atoms. The van der Waals surface area contributed by atoms with Gasteiger partial charge in [0.05, 0.1) is 13.2 Å². The Hall–Kier alpha value is -3.98. The molecule has 2 aromatic carbocycles. The maximum absolute atomic E-state index is 11.7. The summed E-state index contributed by atoms with van der Waals surface area (Å²) in [6, 6.07) is 16.5. The topological polar surface area (TPSA) is 103 Å². The summed E-state index contributed by atoms with van der Waals surface area (Å²) in [5.41, 5.74) is 1.72. The summed E-state index contributed by atoms with van der Waals surface area (Å²) in [5, 5.41) is 4.03. The second-order valence-corrected chi connectivity index (χ2v) is 7.34. The van der Waals surface area contributed by atoms with Crippen LogP contribution >= 0.6 is 0 Å². The van der Waals surface area contributed by atoms with Crippen LogP contribution in [0.2, 0.25) is 0 Å². The number of nitrogens with one attached hydrogen (secondary N) is 1. The first-order chi connectivity index (χ1) is 15.6. The van der Waals surface area contributed by atoms with E-state index in [1.54, 1.807) is 12.1 Å². The Morgan fingerprint density at radius 1 is 1.00 bits per heavy atom. The third-order valence-electron chi connectivity index (χ3n) is 5.06. The van der Waals surface area contributed by atoms with Crippen molar-refractivity contribution in [2.45, 2.75) is 6.92 Å². The summed E-state index contributed by atoms with van der Waals surface area (Å²) in [7, 11) is 0. The summed E-state index contributed by atoms with van der Waals surface area (Å²) in [5.74, 6) is 1.32. The first-order valence-corrected chi connectivity index (χ1v) is 10.3. The molecule has 0 spiro atoms. The molecule has 1 aliphatic rings. The van der Waals surface area contributed by atoms with Crippen molar-refractivity contribution in [1.82, 2.24) is 15.0 Å². The second kappa shape index (κ2) is 8.64. The van der Waals surface area contributed by atoms with Crippen LogP contribution < -0.4 is 20.6 Å². The van der Waals surface area contributed by atoms with Crippen LogP contribution in [0.15, 0.2) is 63.8 Å². The summed E-state index contributed by atoms with van der Waals surface area (Å²) in [6.45, 7) is 4.42. The fraction of sp³-hybridized carbons (Fsp3) is 0.217. The molecular formula is C23H21N5O4. The molecule has 0 amide bonds. The van der Waals surface area contributed by atoms with Crippen molar-refractivity contribution in [3.63, 3.8) is 0 Å². The van der Waals surface area contributed by atoms with Crippen LogP contribution in [0, 0.1) is 6.92 Å². The number of anilines is 3. The van der Waals surface area contributed by atoms with E-state index in [4.69, 9.17) is 13.9 Å². The lowest BCUT2D eigenvalue weighted by atomic mass is 10.1. The number of fused-ring (bicyclic) bond motifs is 1. The van der Waals surface area contributed by atoms with E-state index in [0.29, 0.717) is 49.5 Å². The highest BCUT2D eigenvalue weighted by Gasteiger charge is 2.18. The van der Waals surface area contributed by atoms with Crippen LogP contribution in [0.25, 0.3) is 11.0 Å². The number of rotatable bonds is 5. The van der Waals surface area contributed by atoms with Crippen LogP contribution in [-0.2, 0) is 4.74 Å². The zero-order valence-corrected chi connectivity index (χ0v) is 17.4. The first kappa shape index (κ1) is 20.0. The van der Waals surface area contributed by atoms with Crippen molar-refractivity contribution < 1.29 is 13.9 Å². The average Bonchev–Trinajstić information content (AvgIpc) is 2.80. The molecule has 32 heavy (non-hydrogen) atoms. The molecule has 3 heterocycles. The van der Waals surface area contributed by atoms with E-state index in [-0.39, 0.29) is 6.01 Å². The fourth-order valence-corrected chi connectivity index (χ4v) is 3.48. The number of aryl methyl sites for hydroxylation is 1. The van der Waals surface area contributed by atoms with E-state index in [2.05, 4.69) is 20.3 Å². The van der Waals surface area contributed by atoms with Crippen LogP contribution in [0.3, 0.4) is 0 Å². The van der Waals surface area contributed by atoms with Gasteiger partial charge in [-0.2, -0.15) is 15.0 Å². The molecule has 0 atom stereocenters. The normalized spacial score (nSPS) is 13.8. The summed E-state index contributed by atoms with van der Waals surface area (Å²) in [4.78, 5) is 27.3. The number of nitrogens with zero attached hydrogens (tertiary/aromatic N) is 4. The van der Waals surface area contributed by atoms with Gasteiger partial charge in [-0.3, -0.25) is 0 Å². The fourth-order valence-electron chi connectivity index (χ4n) is 3.48. The van der Waals surface area contributed by atoms with Crippen molar-refractivity contribution in [3.8, 4) is 11.8 Å². The van der Waals surface area contributed by atoms with Gasteiger partial charge in [-0.15, -0.1) is 0 Å². The molecule has 9 nitrogen and oxygen atoms in total. The van der Waals surface area contributed by atoms with Gasteiger partial charge in [0.1, 0.15) is 11.3 Å². The third-order valence-corrected chi connectivity index (χ3v) is 5.06. The number of benzene rings is 2. The Kier molecular flexibility index (Phi) is 5.39. The Bertz CT molecular complexity index is 1300. The predicted molar refractivity (Wildman–Crippen MR) is 120 cm³/mol. The molecule has 1 fully saturated rings. The van der Waals surface area contributed by atoms with Crippen molar-refractivity contribution >= 4 is 28.6 Å².